The summed E-state index contributed by atoms with van der Waals surface area (Å²) in [6, 6.07) is 10.3. The van der Waals surface area contributed by atoms with E-state index in [1.54, 1.807) is 0 Å². The molecule has 3 heteroatoms. The van der Waals surface area contributed by atoms with Crippen molar-refractivity contribution in [2.45, 2.75) is 16.8 Å². The van der Waals surface area contributed by atoms with Crippen LogP contribution in [0.3, 0.4) is 0 Å². The number of carbonyl (C=O) groups is 1. The summed E-state index contributed by atoms with van der Waals surface area (Å²) in [6.45, 7) is 3.82. The van der Waals surface area contributed by atoms with Gasteiger partial charge in [0.2, 0.25) is 0 Å². The molecule has 86 valence electrons. The first-order valence-electron chi connectivity index (χ1n) is 5.22. The van der Waals surface area contributed by atoms with E-state index in [0.29, 0.717) is 10.5 Å². The topological polar surface area (TPSA) is 26.3 Å². The smallest absolute Gasteiger partial charge is 0.330 e. The molecule has 0 aromatic heterocycles. The molecule has 0 N–H and O–H groups in total. The van der Waals surface area contributed by atoms with Crippen LogP contribution < -0.4 is 0 Å². The normalized spacial score (nSPS) is 11.8. The van der Waals surface area contributed by atoms with Gasteiger partial charge in [-0.2, -0.15) is 0 Å². The third-order valence-electron chi connectivity index (χ3n) is 2.17. The van der Waals surface area contributed by atoms with Crippen molar-refractivity contribution < 1.29 is 9.53 Å². The molecule has 0 aliphatic carbocycles. The van der Waals surface area contributed by atoms with Gasteiger partial charge >= 0.3 is 5.97 Å². The first kappa shape index (κ1) is 13.2. The predicted octanol–water partition coefficient (Wildman–Crippen LogP) is 3.67. The van der Waals surface area contributed by atoms with Gasteiger partial charge in [-0.25, -0.2) is 4.79 Å². The molecule has 1 aromatic carbocycles. The predicted molar refractivity (Wildman–Crippen MR) is 73.6 cm³/mol. The molecule has 1 aromatic rings. The van der Waals surface area contributed by atoms with Crippen molar-refractivity contribution in [3.8, 4) is 0 Å². The van der Waals surface area contributed by atoms with Crippen LogP contribution >= 0.6 is 22.6 Å². The Balaban J connectivity index is 2.23. The SMILES string of the molecule is C=CC(=O)OCCCC(I)c1ccccc1. The second-order valence-corrected chi connectivity index (χ2v) is 4.90. The van der Waals surface area contributed by atoms with E-state index in [4.69, 9.17) is 4.74 Å². The summed E-state index contributed by atoms with van der Waals surface area (Å²) in [4.78, 5) is 10.8. The van der Waals surface area contributed by atoms with Crippen LogP contribution in [-0.4, -0.2) is 12.6 Å². The maximum atomic E-state index is 10.8. The average Bonchev–Trinajstić information content (AvgIpc) is 2.35. The van der Waals surface area contributed by atoms with E-state index in [1.165, 1.54) is 11.6 Å². The molecule has 0 bridgehead atoms. The van der Waals surface area contributed by atoms with Crippen molar-refractivity contribution in [1.29, 1.82) is 0 Å². The number of esters is 1. The third-order valence-corrected chi connectivity index (χ3v) is 3.52. The van der Waals surface area contributed by atoms with Gasteiger partial charge in [-0.1, -0.05) is 59.5 Å². The Kier molecular flexibility index (Phi) is 6.15. The van der Waals surface area contributed by atoms with Crippen LogP contribution in [-0.2, 0) is 9.53 Å². The van der Waals surface area contributed by atoms with Crippen LogP contribution in [0.15, 0.2) is 43.0 Å². The number of alkyl halides is 1. The second-order valence-electron chi connectivity index (χ2n) is 3.39. The largest absolute Gasteiger partial charge is 0.463 e. The highest BCUT2D eigenvalue weighted by atomic mass is 127. The fraction of sp³-hybridized carbons (Fsp3) is 0.308. The zero-order chi connectivity index (χ0) is 11.8. The molecule has 0 saturated heterocycles. The lowest BCUT2D eigenvalue weighted by molar-refractivity contribution is -0.137. The minimum Gasteiger partial charge on any atom is -0.463 e. The minimum absolute atomic E-state index is 0.343. The van der Waals surface area contributed by atoms with Gasteiger partial charge in [0.05, 0.1) is 6.61 Å². The van der Waals surface area contributed by atoms with E-state index in [1.807, 2.05) is 18.2 Å². The molecule has 0 aliphatic heterocycles. The highest BCUT2D eigenvalue weighted by Gasteiger charge is 2.06. The van der Waals surface area contributed by atoms with Gasteiger partial charge < -0.3 is 4.74 Å². The molecule has 0 amide bonds. The third kappa shape index (κ3) is 4.79. The first-order chi connectivity index (χ1) is 7.74. The molecule has 1 rings (SSSR count). The van der Waals surface area contributed by atoms with E-state index >= 15 is 0 Å². The van der Waals surface area contributed by atoms with Gasteiger partial charge in [0.25, 0.3) is 0 Å². The number of halogens is 1. The zero-order valence-corrected chi connectivity index (χ0v) is 11.2. The first-order valence-corrected chi connectivity index (χ1v) is 6.47. The molecule has 0 fully saturated rings. The zero-order valence-electron chi connectivity index (χ0n) is 9.06. The lowest BCUT2D eigenvalue weighted by Crippen LogP contribution is -2.02. The van der Waals surface area contributed by atoms with E-state index < -0.39 is 0 Å². The highest BCUT2D eigenvalue weighted by Crippen LogP contribution is 2.27. The van der Waals surface area contributed by atoms with Crippen LogP contribution in [0.5, 0.6) is 0 Å². The fourth-order valence-electron chi connectivity index (χ4n) is 1.32. The standard InChI is InChI=1S/C13H15IO2/c1-2-13(15)16-10-6-9-12(14)11-7-4-3-5-8-11/h2-5,7-8,12H,1,6,9-10H2. The molecule has 16 heavy (non-hydrogen) atoms. The molecule has 1 unspecified atom stereocenters. The summed E-state index contributed by atoms with van der Waals surface area (Å²) in [5.74, 6) is -0.343. The van der Waals surface area contributed by atoms with Crippen molar-refractivity contribution in [2.75, 3.05) is 6.61 Å². The molecule has 0 spiro atoms. The molecule has 0 radical (unpaired) electrons. The Bertz CT molecular complexity index is 335. The lowest BCUT2D eigenvalue weighted by atomic mass is 10.1. The number of ether oxygens (including phenoxy) is 1. The van der Waals surface area contributed by atoms with E-state index in [0.717, 1.165) is 12.8 Å². The summed E-state index contributed by atoms with van der Waals surface area (Å²) >= 11 is 2.41. The molecular formula is C13H15IO2. The second kappa shape index (κ2) is 7.44. The van der Waals surface area contributed by atoms with Gasteiger partial charge in [0, 0.05) is 10.0 Å². The molecule has 2 nitrogen and oxygen atoms in total. The van der Waals surface area contributed by atoms with Crippen molar-refractivity contribution in [3.63, 3.8) is 0 Å². The Morgan fingerprint density at radius 3 is 2.75 bits per heavy atom. The van der Waals surface area contributed by atoms with Crippen molar-refractivity contribution >= 4 is 28.6 Å². The summed E-state index contributed by atoms with van der Waals surface area (Å²) in [6.07, 6.45) is 3.08. The van der Waals surface area contributed by atoms with Gasteiger partial charge in [0.15, 0.2) is 0 Å². The number of benzene rings is 1. The molecule has 1 atom stereocenters. The Labute approximate surface area is 110 Å². The van der Waals surface area contributed by atoms with Crippen molar-refractivity contribution in [1.82, 2.24) is 0 Å². The molecule has 0 heterocycles. The maximum Gasteiger partial charge on any atom is 0.330 e. The Hall–Kier alpha value is -0.840. The van der Waals surface area contributed by atoms with Crippen molar-refractivity contribution in [3.05, 3.63) is 48.6 Å². The number of hydrogen-bond acceptors (Lipinski definition) is 2. The van der Waals surface area contributed by atoms with E-state index in [2.05, 4.69) is 41.3 Å². The van der Waals surface area contributed by atoms with Crippen LogP contribution in [0.25, 0.3) is 0 Å². The number of carbonyl (C=O) groups excluding carboxylic acids is 1. The van der Waals surface area contributed by atoms with Crippen molar-refractivity contribution in [2.24, 2.45) is 0 Å². The highest BCUT2D eigenvalue weighted by molar-refractivity contribution is 14.1. The van der Waals surface area contributed by atoms with Gasteiger partial charge in [0.1, 0.15) is 0 Å². The van der Waals surface area contributed by atoms with Gasteiger partial charge in [-0.3, -0.25) is 0 Å². The monoisotopic (exact) mass is 330 g/mol. The van der Waals surface area contributed by atoms with Gasteiger partial charge in [-0.05, 0) is 18.4 Å². The Morgan fingerprint density at radius 2 is 2.12 bits per heavy atom. The molecular weight excluding hydrogens is 315 g/mol. The molecule has 0 aliphatic rings. The van der Waals surface area contributed by atoms with E-state index in [9.17, 15) is 4.79 Å². The Morgan fingerprint density at radius 1 is 1.44 bits per heavy atom. The summed E-state index contributed by atoms with van der Waals surface area (Å²) < 4.78 is 5.39. The number of hydrogen-bond donors (Lipinski definition) is 0. The van der Waals surface area contributed by atoms with Crippen LogP contribution in [0.1, 0.15) is 22.3 Å². The summed E-state index contributed by atoms with van der Waals surface area (Å²) in [5, 5.41) is 0. The number of rotatable bonds is 6. The summed E-state index contributed by atoms with van der Waals surface area (Å²) in [7, 11) is 0. The molecule has 0 saturated carbocycles. The quantitative estimate of drug-likeness (QED) is 0.262. The minimum atomic E-state index is -0.343. The maximum absolute atomic E-state index is 10.8. The van der Waals surface area contributed by atoms with E-state index in [-0.39, 0.29) is 5.97 Å². The average molecular weight is 330 g/mol. The van der Waals surface area contributed by atoms with Crippen LogP contribution in [0, 0.1) is 0 Å². The lowest BCUT2D eigenvalue weighted by Gasteiger charge is -2.09. The summed E-state index contributed by atoms with van der Waals surface area (Å²) in [5.41, 5.74) is 1.32. The van der Waals surface area contributed by atoms with Gasteiger partial charge in [-0.15, -0.1) is 0 Å². The van der Waals surface area contributed by atoms with Crippen LogP contribution in [0.2, 0.25) is 0 Å². The van der Waals surface area contributed by atoms with Crippen LogP contribution in [0.4, 0.5) is 0 Å². The fourth-order valence-corrected chi connectivity index (χ4v) is 2.18.